The molecule has 1 aliphatic rings. The van der Waals surface area contributed by atoms with Crippen molar-refractivity contribution in [2.45, 2.75) is 106 Å². The van der Waals surface area contributed by atoms with Crippen LogP contribution in [0.4, 0.5) is 0 Å². The third-order valence-corrected chi connectivity index (χ3v) is 6.82. The highest BCUT2D eigenvalue weighted by atomic mass is 16.5. The Morgan fingerprint density at radius 2 is 1.86 bits per heavy atom. The van der Waals surface area contributed by atoms with Crippen LogP contribution >= 0.6 is 0 Å². The molecule has 0 saturated carbocycles. The first-order chi connectivity index (χ1) is 12.9. The van der Waals surface area contributed by atoms with Crippen molar-refractivity contribution in [2.24, 2.45) is 11.3 Å². The third kappa shape index (κ3) is 4.90. The first kappa shape index (κ1) is 22.8. The quantitative estimate of drug-likeness (QED) is 0.378. The van der Waals surface area contributed by atoms with E-state index in [0.29, 0.717) is 11.2 Å². The first-order valence-electron chi connectivity index (χ1n) is 10.9. The molecule has 1 aromatic carbocycles. The summed E-state index contributed by atoms with van der Waals surface area (Å²) in [6, 6.07) is 0. The second-order valence-electron chi connectivity index (χ2n) is 9.92. The minimum Gasteiger partial charge on any atom is -0.487 e. The number of rotatable bonds is 7. The molecule has 1 aromatic rings. The number of benzene rings is 1. The number of carbonyl (C=O) groups excluding carboxylic acids is 1. The van der Waals surface area contributed by atoms with E-state index in [1.807, 2.05) is 13.8 Å². The van der Waals surface area contributed by atoms with Crippen LogP contribution < -0.4 is 9.47 Å². The molecule has 0 saturated heterocycles. The standard InChI is InChI=1S/C25H40O3/c1-10-24(8,15-16(2)3)13-14-25(9)12-11-21-19(6)22(27-20(7)26)17(4)18(5)23(21)28-25/h16H,10-15H2,1-9H3. The van der Waals surface area contributed by atoms with Crippen LogP contribution in [-0.2, 0) is 11.2 Å². The van der Waals surface area contributed by atoms with Crippen molar-refractivity contribution in [2.75, 3.05) is 0 Å². The largest absolute Gasteiger partial charge is 0.487 e. The third-order valence-electron chi connectivity index (χ3n) is 6.82. The van der Waals surface area contributed by atoms with Gasteiger partial charge < -0.3 is 9.47 Å². The molecule has 28 heavy (non-hydrogen) atoms. The van der Waals surface area contributed by atoms with Gasteiger partial charge >= 0.3 is 5.97 Å². The number of carbonyl (C=O) groups is 1. The number of fused-ring (bicyclic) bond motifs is 1. The van der Waals surface area contributed by atoms with Crippen LogP contribution in [0.2, 0.25) is 0 Å². The van der Waals surface area contributed by atoms with Gasteiger partial charge in [-0.05, 0) is 87.8 Å². The van der Waals surface area contributed by atoms with Gasteiger partial charge in [-0.15, -0.1) is 0 Å². The average molecular weight is 389 g/mol. The van der Waals surface area contributed by atoms with Gasteiger partial charge in [-0.25, -0.2) is 0 Å². The average Bonchev–Trinajstić information content (AvgIpc) is 2.61. The molecule has 0 amide bonds. The molecule has 0 fully saturated rings. The zero-order valence-electron chi connectivity index (χ0n) is 19.5. The molecule has 0 aliphatic carbocycles. The summed E-state index contributed by atoms with van der Waals surface area (Å²) in [4.78, 5) is 11.5. The summed E-state index contributed by atoms with van der Waals surface area (Å²) < 4.78 is 12.2. The Balaban J connectivity index is 2.27. The van der Waals surface area contributed by atoms with E-state index >= 15 is 0 Å². The summed E-state index contributed by atoms with van der Waals surface area (Å²) in [6.07, 6.45) is 6.72. The molecule has 2 rings (SSSR count). The van der Waals surface area contributed by atoms with Crippen molar-refractivity contribution in [1.82, 2.24) is 0 Å². The Morgan fingerprint density at radius 1 is 1.21 bits per heavy atom. The molecule has 0 N–H and O–H groups in total. The predicted octanol–water partition coefficient (Wildman–Crippen LogP) is 6.86. The van der Waals surface area contributed by atoms with Gasteiger partial charge in [0.25, 0.3) is 0 Å². The van der Waals surface area contributed by atoms with E-state index in [1.165, 1.54) is 31.7 Å². The maximum absolute atomic E-state index is 11.5. The van der Waals surface area contributed by atoms with Gasteiger partial charge in [-0.2, -0.15) is 0 Å². The Labute approximate surface area is 172 Å². The SMILES string of the molecule is CCC(C)(CCC1(C)CCc2c(C)c(OC(C)=O)c(C)c(C)c2O1)CC(C)C. The Bertz CT molecular complexity index is 734. The summed E-state index contributed by atoms with van der Waals surface area (Å²) in [5, 5.41) is 0. The van der Waals surface area contributed by atoms with Gasteiger partial charge in [0.05, 0.1) is 0 Å². The van der Waals surface area contributed by atoms with Crippen molar-refractivity contribution < 1.29 is 14.3 Å². The molecule has 0 radical (unpaired) electrons. The molecule has 0 bridgehead atoms. The fourth-order valence-electron chi connectivity index (χ4n) is 4.73. The number of hydrogen-bond acceptors (Lipinski definition) is 3. The highest BCUT2D eigenvalue weighted by Gasteiger charge is 2.37. The predicted molar refractivity (Wildman–Crippen MR) is 116 cm³/mol. The van der Waals surface area contributed by atoms with Crippen LogP contribution in [0.15, 0.2) is 0 Å². The molecule has 0 aromatic heterocycles. The zero-order valence-corrected chi connectivity index (χ0v) is 19.5. The van der Waals surface area contributed by atoms with Gasteiger partial charge in [0.15, 0.2) is 0 Å². The van der Waals surface area contributed by atoms with Gasteiger partial charge in [0, 0.05) is 12.5 Å². The highest BCUT2D eigenvalue weighted by molar-refractivity contribution is 5.72. The summed E-state index contributed by atoms with van der Waals surface area (Å²) in [5.41, 5.74) is 4.61. The van der Waals surface area contributed by atoms with E-state index < -0.39 is 0 Å². The number of ether oxygens (including phenoxy) is 2. The second-order valence-corrected chi connectivity index (χ2v) is 9.92. The lowest BCUT2D eigenvalue weighted by atomic mass is 9.73. The van der Waals surface area contributed by atoms with Crippen molar-refractivity contribution >= 4 is 5.97 Å². The van der Waals surface area contributed by atoms with Crippen LogP contribution in [0.5, 0.6) is 11.5 Å². The Hall–Kier alpha value is -1.51. The summed E-state index contributed by atoms with van der Waals surface area (Å²) >= 11 is 0. The van der Waals surface area contributed by atoms with Crippen LogP contribution in [0.1, 0.15) is 95.9 Å². The molecule has 3 heteroatoms. The van der Waals surface area contributed by atoms with Gasteiger partial charge in [0.2, 0.25) is 0 Å². The molecule has 1 aliphatic heterocycles. The van der Waals surface area contributed by atoms with Gasteiger partial charge in [-0.3, -0.25) is 4.79 Å². The first-order valence-corrected chi connectivity index (χ1v) is 10.9. The lowest BCUT2D eigenvalue weighted by Gasteiger charge is -2.41. The Morgan fingerprint density at radius 3 is 2.39 bits per heavy atom. The normalized spacial score (nSPS) is 21.1. The van der Waals surface area contributed by atoms with Crippen molar-refractivity contribution in [3.63, 3.8) is 0 Å². The van der Waals surface area contributed by atoms with E-state index in [2.05, 4.69) is 41.5 Å². The number of esters is 1. The fourth-order valence-corrected chi connectivity index (χ4v) is 4.73. The fraction of sp³-hybridized carbons (Fsp3) is 0.720. The maximum atomic E-state index is 11.5. The lowest BCUT2D eigenvalue weighted by Crippen LogP contribution is -2.38. The molecular weight excluding hydrogens is 348 g/mol. The second kappa shape index (κ2) is 8.47. The van der Waals surface area contributed by atoms with Crippen LogP contribution in [-0.4, -0.2) is 11.6 Å². The minimum absolute atomic E-state index is 0.132. The summed E-state index contributed by atoms with van der Waals surface area (Å²) in [5.74, 6) is 2.18. The molecule has 0 spiro atoms. The summed E-state index contributed by atoms with van der Waals surface area (Å²) in [6.45, 7) is 19.3. The van der Waals surface area contributed by atoms with Crippen LogP contribution in [0.3, 0.4) is 0 Å². The van der Waals surface area contributed by atoms with Crippen molar-refractivity contribution in [1.29, 1.82) is 0 Å². The molecule has 158 valence electrons. The number of hydrogen-bond donors (Lipinski definition) is 0. The van der Waals surface area contributed by atoms with E-state index in [4.69, 9.17) is 9.47 Å². The molecule has 3 nitrogen and oxygen atoms in total. The zero-order chi connectivity index (χ0) is 21.3. The van der Waals surface area contributed by atoms with Crippen LogP contribution in [0.25, 0.3) is 0 Å². The van der Waals surface area contributed by atoms with E-state index in [1.54, 1.807) is 0 Å². The maximum Gasteiger partial charge on any atom is 0.308 e. The summed E-state index contributed by atoms with van der Waals surface area (Å²) in [7, 11) is 0. The van der Waals surface area contributed by atoms with Crippen molar-refractivity contribution in [3.8, 4) is 11.5 Å². The molecule has 1 heterocycles. The van der Waals surface area contributed by atoms with Gasteiger partial charge in [-0.1, -0.05) is 34.1 Å². The monoisotopic (exact) mass is 388 g/mol. The minimum atomic E-state index is -0.267. The van der Waals surface area contributed by atoms with Crippen molar-refractivity contribution in [3.05, 3.63) is 22.3 Å². The Kier molecular flexibility index (Phi) is 6.89. The van der Waals surface area contributed by atoms with Gasteiger partial charge in [0.1, 0.15) is 17.1 Å². The van der Waals surface area contributed by atoms with Crippen LogP contribution in [0, 0.1) is 32.1 Å². The van der Waals surface area contributed by atoms with E-state index in [0.717, 1.165) is 47.6 Å². The van der Waals surface area contributed by atoms with E-state index in [-0.39, 0.29) is 11.6 Å². The molecule has 2 atom stereocenters. The van der Waals surface area contributed by atoms with E-state index in [9.17, 15) is 4.79 Å². The lowest BCUT2D eigenvalue weighted by molar-refractivity contribution is -0.132. The smallest absolute Gasteiger partial charge is 0.308 e. The topological polar surface area (TPSA) is 35.5 Å². The molecular formula is C25H40O3. The molecule has 2 unspecified atom stereocenters. The highest BCUT2D eigenvalue weighted by Crippen LogP contribution is 2.46.